The van der Waals surface area contributed by atoms with Crippen LogP contribution in [0, 0.1) is 11.3 Å². The van der Waals surface area contributed by atoms with Crippen LogP contribution in [0.15, 0.2) is 18.2 Å². The molecule has 16 heavy (non-hydrogen) atoms. The van der Waals surface area contributed by atoms with Crippen LogP contribution in [0.3, 0.4) is 0 Å². The summed E-state index contributed by atoms with van der Waals surface area (Å²) >= 11 is 0. The van der Waals surface area contributed by atoms with Gasteiger partial charge in [0, 0.05) is 0 Å². The van der Waals surface area contributed by atoms with Gasteiger partial charge in [0.05, 0.1) is 19.8 Å². The number of nitriles is 1. The van der Waals surface area contributed by atoms with Crippen molar-refractivity contribution in [3.63, 3.8) is 0 Å². The smallest absolute Gasteiger partial charge is 0.343 e. The van der Waals surface area contributed by atoms with E-state index in [-0.39, 0.29) is 12.4 Å². The lowest BCUT2D eigenvalue weighted by Gasteiger charge is -2.10. The second-order valence-electron chi connectivity index (χ2n) is 2.81. The van der Waals surface area contributed by atoms with E-state index in [0.717, 1.165) is 0 Å². The van der Waals surface area contributed by atoms with E-state index in [0.29, 0.717) is 11.3 Å². The third-order valence-corrected chi connectivity index (χ3v) is 1.88. The van der Waals surface area contributed by atoms with E-state index in [4.69, 9.17) is 14.7 Å². The summed E-state index contributed by atoms with van der Waals surface area (Å²) in [5.74, 6) is 0.135. The van der Waals surface area contributed by atoms with Crippen LogP contribution in [-0.4, -0.2) is 26.8 Å². The summed E-state index contributed by atoms with van der Waals surface area (Å²) in [4.78, 5) is 10.9. The highest BCUT2D eigenvalue weighted by atomic mass is 16.6. The maximum atomic E-state index is 10.9. The zero-order valence-corrected chi connectivity index (χ0v) is 9.02. The SMILES string of the molecule is COC(=O)COc1c(C#N)cccc1OC. The van der Waals surface area contributed by atoms with Crippen molar-refractivity contribution in [1.82, 2.24) is 0 Å². The van der Waals surface area contributed by atoms with Crippen LogP contribution in [0.25, 0.3) is 0 Å². The quantitative estimate of drug-likeness (QED) is 0.712. The Kier molecular flexibility index (Phi) is 4.16. The molecule has 0 radical (unpaired) electrons. The normalized spacial score (nSPS) is 9.06. The molecule has 0 spiro atoms. The van der Waals surface area contributed by atoms with Crippen LogP contribution in [0.2, 0.25) is 0 Å². The molecular formula is C11H11NO4. The molecule has 0 aliphatic heterocycles. The van der Waals surface area contributed by atoms with Crippen molar-refractivity contribution in [2.75, 3.05) is 20.8 Å². The van der Waals surface area contributed by atoms with Crippen molar-refractivity contribution in [1.29, 1.82) is 5.26 Å². The Labute approximate surface area is 93.2 Å². The molecule has 0 N–H and O–H groups in total. The lowest BCUT2D eigenvalue weighted by molar-refractivity contribution is -0.142. The van der Waals surface area contributed by atoms with Crippen molar-refractivity contribution in [2.45, 2.75) is 0 Å². The van der Waals surface area contributed by atoms with Crippen LogP contribution >= 0.6 is 0 Å². The highest BCUT2D eigenvalue weighted by Gasteiger charge is 2.12. The fourth-order valence-corrected chi connectivity index (χ4v) is 1.10. The van der Waals surface area contributed by atoms with Crippen LogP contribution in [0.4, 0.5) is 0 Å². The fourth-order valence-electron chi connectivity index (χ4n) is 1.10. The van der Waals surface area contributed by atoms with Crippen LogP contribution in [0.5, 0.6) is 11.5 Å². The minimum Gasteiger partial charge on any atom is -0.493 e. The first-order valence-corrected chi connectivity index (χ1v) is 4.49. The third kappa shape index (κ3) is 2.64. The van der Waals surface area contributed by atoms with Gasteiger partial charge in [-0.2, -0.15) is 5.26 Å². The Balaban J connectivity index is 2.92. The Bertz CT molecular complexity index is 422. The summed E-state index contributed by atoms with van der Waals surface area (Å²) in [6, 6.07) is 6.85. The lowest BCUT2D eigenvalue weighted by Crippen LogP contribution is -2.13. The highest BCUT2D eigenvalue weighted by Crippen LogP contribution is 2.30. The minimum atomic E-state index is -0.519. The van der Waals surface area contributed by atoms with Crippen molar-refractivity contribution in [3.05, 3.63) is 23.8 Å². The molecule has 0 fully saturated rings. The Morgan fingerprint density at radius 1 is 1.44 bits per heavy atom. The molecule has 5 nitrogen and oxygen atoms in total. The first-order chi connectivity index (χ1) is 7.72. The van der Waals surface area contributed by atoms with E-state index in [1.807, 2.05) is 6.07 Å². The summed E-state index contributed by atoms with van der Waals surface area (Å²) in [5, 5.41) is 8.86. The van der Waals surface area contributed by atoms with E-state index >= 15 is 0 Å². The predicted molar refractivity (Wildman–Crippen MR) is 55.2 cm³/mol. The zero-order chi connectivity index (χ0) is 12.0. The molecule has 0 saturated heterocycles. The van der Waals surface area contributed by atoms with Gasteiger partial charge in [0.15, 0.2) is 18.1 Å². The molecular weight excluding hydrogens is 210 g/mol. The fraction of sp³-hybridized carbons (Fsp3) is 0.273. The molecule has 0 atom stereocenters. The van der Waals surface area contributed by atoms with Crippen molar-refractivity contribution >= 4 is 5.97 Å². The average Bonchev–Trinajstić information content (AvgIpc) is 2.35. The number of methoxy groups -OCH3 is 2. The molecule has 0 amide bonds. The average molecular weight is 221 g/mol. The number of hydrogen-bond donors (Lipinski definition) is 0. The van der Waals surface area contributed by atoms with Gasteiger partial charge in [0.2, 0.25) is 0 Å². The molecule has 0 aliphatic carbocycles. The molecule has 1 rings (SSSR count). The lowest BCUT2D eigenvalue weighted by atomic mass is 10.2. The van der Waals surface area contributed by atoms with Gasteiger partial charge in [0.25, 0.3) is 0 Å². The summed E-state index contributed by atoms with van der Waals surface area (Å²) in [5.41, 5.74) is 0.309. The molecule has 0 aromatic heterocycles. The van der Waals surface area contributed by atoms with Crippen LogP contribution in [-0.2, 0) is 9.53 Å². The van der Waals surface area contributed by atoms with Gasteiger partial charge in [-0.05, 0) is 12.1 Å². The van der Waals surface area contributed by atoms with E-state index in [1.54, 1.807) is 18.2 Å². The van der Waals surface area contributed by atoms with Gasteiger partial charge in [0.1, 0.15) is 6.07 Å². The van der Waals surface area contributed by atoms with Gasteiger partial charge < -0.3 is 14.2 Å². The van der Waals surface area contributed by atoms with Crippen LogP contribution < -0.4 is 9.47 Å². The first-order valence-electron chi connectivity index (χ1n) is 4.49. The van der Waals surface area contributed by atoms with Crippen molar-refractivity contribution in [2.24, 2.45) is 0 Å². The standard InChI is InChI=1S/C11H11NO4/c1-14-9-5-3-4-8(6-12)11(9)16-7-10(13)15-2/h3-5H,7H2,1-2H3. The van der Waals surface area contributed by atoms with Gasteiger partial charge >= 0.3 is 5.97 Å². The third-order valence-electron chi connectivity index (χ3n) is 1.88. The number of carbonyl (C=O) groups is 1. The first kappa shape index (κ1) is 11.9. The van der Waals surface area contributed by atoms with Crippen molar-refractivity contribution < 1.29 is 19.0 Å². The molecule has 0 saturated carbocycles. The summed E-state index contributed by atoms with van der Waals surface area (Å²) in [6.07, 6.45) is 0. The topological polar surface area (TPSA) is 68.5 Å². The monoisotopic (exact) mass is 221 g/mol. The maximum Gasteiger partial charge on any atom is 0.343 e. The Morgan fingerprint density at radius 2 is 2.19 bits per heavy atom. The number of nitrogens with zero attached hydrogens (tertiary/aromatic N) is 1. The van der Waals surface area contributed by atoms with E-state index < -0.39 is 5.97 Å². The van der Waals surface area contributed by atoms with E-state index in [9.17, 15) is 4.79 Å². The van der Waals surface area contributed by atoms with E-state index in [2.05, 4.69) is 4.74 Å². The molecule has 1 aromatic rings. The summed E-state index contributed by atoms with van der Waals surface area (Å²) < 4.78 is 14.6. The molecule has 1 aromatic carbocycles. The molecule has 0 aliphatic rings. The second kappa shape index (κ2) is 5.61. The van der Waals surface area contributed by atoms with Gasteiger partial charge in [-0.3, -0.25) is 0 Å². The number of hydrogen-bond acceptors (Lipinski definition) is 5. The largest absolute Gasteiger partial charge is 0.493 e. The highest BCUT2D eigenvalue weighted by molar-refractivity contribution is 5.71. The number of esters is 1. The zero-order valence-electron chi connectivity index (χ0n) is 9.02. The second-order valence-corrected chi connectivity index (χ2v) is 2.81. The minimum absolute atomic E-state index is 0.248. The molecule has 0 unspecified atom stereocenters. The van der Waals surface area contributed by atoms with Crippen molar-refractivity contribution in [3.8, 4) is 17.6 Å². The molecule has 0 bridgehead atoms. The maximum absolute atomic E-state index is 10.9. The van der Waals surface area contributed by atoms with Crippen LogP contribution in [0.1, 0.15) is 5.56 Å². The number of ether oxygens (including phenoxy) is 3. The summed E-state index contributed by atoms with van der Waals surface area (Å²) in [7, 11) is 2.72. The predicted octanol–water partition coefficient (Wildman–Crippen LogP) is 1.12. The molecule has 0 heterocycles. The number of carbonyl (C=O) groups excluding carboxylic acids is 1. The van der Waals surface area contributed by atoms with Gasteiger partial charge in [-0.25, -0.2) is 4.79 Å². The number of benzene rings is 1. The molecule has 84 valence electrons. The Morgan fingerprint density at radius 3 is 2.75 bits per heavy atom. The van der Waals surface area contributed by atoms with E-state index in [1.165, 1.54) is 14.2 Å². The van der Waals surface area contributed by atoms with Gasteiger partial charge in [-0.15, -0.1) is 0 Å². The molecule has 5 heteroatoms. The van der Waals surface area contributed by atoms with Gasteiger partial charge in [-0.1, -0.05) is 6.07 Å². The number of rotatable bonds is 4. The Hall–Kier alpha value is -2.22. The summed E-state index contributed by atoms with van der Waals surface area (Å²) in [6.45, 7) is -0.258. The number of para-hydroxylation sites is 1.